The molecule has 1 saturated carbocycles. The number of aromatic nitrogens is 2. The minimum atomic E-state index is -0.215. The molecule has 0 radical (unpaired) electrons. The van der Waals surface area contributed by atoms with E-state index in [4.69, 9.17) is 4.74 Å². The summed E-state index contributed by atoms with van der Waals surface area (Å²) >= 11 is 0. The molecule has 1 aromatic carbocycles. The van der Waals surface area contributed by atoms with Crippen molar-refractivity contribution in [2.75, 3.05) is 31.6 Å². The van der Waals surface area contributed by atoms with E-state index in [9.17, 15) is 9.59 Å². The van der Waals surface area contributed by atoms with E-state index < -0.39 is 0 Å². The molecule has 9 nitrogen and oxygen atoms in total. The highest BCUT2D eigenvalue weighted by Gasteiger charge is 2.40. The zero-order chi connectivity index (χ0) is 25.2. The molecule has 3 aliphatic rings. The summed E-state index contributed by atoms with van der Waals surface area (Å²) in [5.41, 5.74) is 9.10. The van der Waals surface area contributed by atoms with E-state index in [1.807, 2.05) is 42.6 Å². The predicted octanol–water partition coefficient (Wildman–Crippen LogP) is 3.54. The van der Waals surface area contributed by atoms with Crippen LogP contribution in [0.2, 0.25) is 0 Å². The summed E-state index contributed by atoms with van der Waals surface area (Å²) in [6.07, 6.45) is 10.2. The Hall–Kier alpha value is -3.43. The van der Waals surface area contributed by atoms with Gasteiger partial charge in [-0.1, -0.05) is 25.0 Å². The number of hydrazine groups is 1. The maximum atomic E-state index is 13.1. The van der Waals surface area contributed by atoms with E-state index in [-0.39, 0.29) is 23.8 Å². The third kappa shape index (κ3) is 5.06. The second-order valence-electron chi connectivity index (χ2n) is 10.4. The normalized spacial score (nSPS) is 24.0. The molecule has 3 N–H and O–H groups in total. The van der Waals surface area contributed by atoms with Gasteiger partial charge < -0.3 is 10.1 Å². The van der Waals surface area contributed by atoms with Gasteiger partial charge in [-0.05, 0) is 68.5 Å². The third-order valence-electron chi connectivity index (χ3n) is 8.08. The number of hydrogen-bond acceptors (Lipinski definition) is 6. The lowest BCUT2D eigenvalue weighted by molar-refractivity contribution is -0.133. The highest BCUT2D eigenvalue weighted by atomic mass is 16.5. The van der Waals surface area contributed by atoms with Gasteiger partial charge in [0.1, 0.15) is 12.4 Å². The number of nitrogens with zero attached hydrogens (tertiary/aromatic N) is 3. The largest absolute Gasteiger partial charge is 0.492 e. The lowest BCUT2D eigenvalue weighted by atomic mass is 9.72. The Bertz CT molecular complexity index is 1270. The molecule has 2 amide bonds. The van der Waals surface area contributed by atoms with Gasteiger partial charge in [0.05, 0.1) is 23.3 Å². The summed E-state index contributed by atoms with van der Waals surface area (Å²) in [5, 5.41) is 7.33. The van der Waals surface area contributed by atoms with Crippen LogP contribution in [0.15, 0.2) is 48.8 Å². The van der Waals surface area contributed by atoms with Crippen LogP contribution in [0.4, 0.5) is 5.69 Å². The van der Waals surface area contributed by atoms with Gasteiger partial charge in [0, 0.05) is 30.4 Å². The molecule has 4 heterocycles. The Labute approximate surface area is 216 Å². The second kappa shape index (κ2) is 10.5. The molecule has 6 rings (SSSR count). The van der Waals surface area contributed by atoms with Gasteiger partial charge >= 0.3 is 0 Å². The van der Waals surface area contributed by atoms with Crippen molar-refractivity contribution < 1.29 is 14.3 Å². The number of pyridine rings is 1. The maximum absolute atomic E-state index is 13.1. The zero-order valence-electron chi connectivity index (χ0n) is 21.0. The summed E-state index contributed by atoms with van der Waals surface area (Å²) in [7, 11) is 0. The molecule has 0 spiro atoms. The van der Waals surface area contributed by atoms with Crippen LogP contribution in [0.25, 0.3) is 5.52 Å². The van der Waals surface area contributed by atoms with Gasteiger partial charge in [0.15, 0.2) is 0 Å². The number of fused-ring (bicyclic) bond motifs is 2. The van der Waals surface area contributed by atoms with Crippen molar-refractivity contribution in [2.45, 2.75) is 44.6 Å². The first-order valence-electron chi connectivity index (χ1n) is 13.4. The van der Waals surface area contributed by atoms with Gasteiger partial charge in [-0.15, -0.1) is 0 Å². The molecule has 37 heavy (non-hydrogen) atoms. The number of rotatable bonds is 7. The van der Waals surface area contributed by atoms with E-state index >= 15 is 0 Å². The molecule has 0 bridgehead atoms. The van der Waals surface area contributed by atoms with E-state index in [2.05, 4.69) is 26.2 Å². The molecule has 2 aliphatic heterocycles. The fourth-order valence-corrected chi connectivity index (χ4v) is 6.06. The number of anilines is 1. The molecule has 1 aliphatic carbocycles. The Balaban J connectivity index is 1.11. The van der Waals surface area contributed by atoms with Gasteiger partial charge in [-0.2, -0.15) is 5.10 Å². The molecular formula is C28H34N6O3. The molecular weight excluding hydrogens is 468 g/mol. The number of amides is 2. The molecule has 3 aromatic rings. The van der Waals surface area contributed by atoms with E-state index in [1.165, 1.54) is 12.8 Å². The summed E-state index contributed by atoms with van der Waals surface area (Å²) < 4.78 is 7.66. The number of carbonyl (C=O) groups excluding carboxylic acids is 2. The second-order valence-corrected chi connectivity index (χ2v) is 10.4. The van der Waals surface area contributed by atoms with Crippen molar-refractivity contribution in [3.05, 3.63) is 59.9 Å². The fourth-order valence-electron chi connectivity index (χ4n) is 6.06. The molecule has 9 heteroatoms. The number of hydrogen-bond donors (Lipinski definition) is 3. The summed E-state index contributed by atoms with van der Waals surface area (Å²) in [6, 6.07) is 11.7. The van der Waals surface area contributed by atoms with E-state index in [1.54, 1.807) is 10.7 Å². The minimum absolute atomic E-state index is 0.0732. The van der Waals surface area contributed by atoms with Gasteiger partial charge in [0.25, 0.3) is 5.91 Å². The van der Waals surface area contributed by atoms with Crippen LogP contribution in [-0.2, 0) is 4.79 Å². The SMILES string of the molecule is O=C(Nc1ccc(C2NNC(=O)C3CCCCC32)cc1)c1cnn2ccc(OCCN3CCCC3)cc12. The fraction of sp³-hybridized carbons (Fsp3) is 0.464. The van der Waals surface area contributed by atoms with Crippen LogP contribution in [0.3, 0.4) is 0 Å². The molecule has 3 atom stereocenters. The third-order valence-corrected chi connectivity index (χ3v) is 8.08. The average Bonchev–Trinajstić information content (AvgIpc) is 3.60. The van der Waals surface area contributed by atoms with Crippen molar-refractivity contribution in [3.8, 4) is 5.75 Å². The summed E-state index contributed by atoms with van der Waals surface area (Å²) in [4.78, 5) is 27.8. The van der Waals surface area contributed by atoms with Crippen LogP contribution in [0.1, 0.15) is 60.5 Å². The van der Waals surface area contributed by atoms with E-state index in [0.717, 1.165) is 56.6 Å². The van der Waals surface area contributed by atoms with Gasteiger partial charge in [-0.3, -0.25) is 19.9 Å². The first-order chi connectivity index (χ1) is 18.2. The van der Waals surface area contributed by atoms with Gasteiger partial charge in [-0.25, -0.2) is 9.94 Å². The monoisotopic (exact) mass is 502 g/mol. The van der Waals surface area contributed by atoms with Gasteiger partial charge in [0.2, 0.25) is 5.91 Å². The molecule has 3 fully saturated rings. The molecule has 3 unspecified atom stereocenters. The summed E-state index contributed by atoms with van der Waals surface area (Å²) in [5.74, 6) is 1.00. The Morgan fingerprint density at radius 2 is 1.89 bits per heavy atom. The number of benzene rings is 1. The average molecular weight is 503 g/mol. The summed E-state index contributed by atoms with van der Waals surface area (Å²) in [6.45, 7) is 3.83. The molecule has 2 saturated heterocycles. The van der Waals surface area contributed by atoms with Crippen LogP contribution in [-0.4, -0.2) is 52.6 Å². The van der Waals surface area contributed by atoms with Crippen molar-refractivity contribution in [2.24, 2.45) is 11.8 Å². The Morgan fingerprint density at radius 3 is 2.73 bits per heavy atom. The van der Waals surface area contributed by atoms with Crippen molar-refractivity contribution in [1.82, 2.24) is 25.4 Å². The van der Waals surface area contributed by atoms with E-state index in [0.29, 0.717) is 29.3 Å². The molecule has 2 aromatic heterocycles. The van der Waals surface area contributed by atoms with Crippen LogP contribution >= 0.6 is 0 Å². The Morgan fingerprint density at radius 1 is 1.08 bits per heavy atom. The first kappa shape index (κ1) is 23.9. The van der Waals surface area contributed by atoms with Crippen LogP contribution in [0.5, 0.6) is 5.75 Å². The number of likely N-dealkylation sites (tertiary alicyclic amines) is 1. The van der Waals surface area contributed by atoms with Crippen molar-refractivity contribution in [3.63, 3.8) is 0 Å². The topological polar surface area (TPSA) is 100 Å². The number of nitrogens with one attached hydrogen (secondary N) is 3. The standard InChI is InChI=1S/C28H34N6O3/c35-27(24-18-29-34-14-11-21(17-25(24)34)37-16-15-33-12-3-4-13-33)30-20-9-7-19(8-10-20)26-22-5-1-2-6-23(22)28(36)32-31-26/h7-11,14,17-18,22-23,26,31H,1-6,12-13,15-16H2,(H,30,35)(H,32,36). The number of ether oxygens (including phenoxy) is 1. The molecule has 194 valence electrons. The first-order valence-corrected chi connectivity index (χ1v) is 13.4. The lowest BCUT2D eigenvalue weighted by Gasteiger charge is -2.41. The lowest BCUT2D eigenvalue weighted by Crippen LogP contribution is -2.55. The predicted molar refractivity (Wildman–Crippen MR) is 140 cm³/mol. The number of carbonyl (C=O) groups is 2. The van der Waals surface area contributed by atoms with Crippen molar-refractivity contribution >= 4 is 23.0 Å². The minimum Gasteiger partial charge on any atom is -0.492 e. The van der Waals surface area contributed by atoms with Crippen molar-refractivity contribution in [1.29, 1.82) is 0 Å². The smallest absolute Gasteiger partial charge is 0.259 e. The van der Waals surface area contributed by atoms with Crippen LogP contribution in [0, 0.1) is 11.8 Å². The maximum Gasteiger partial charge on any atom is 0.259 e. The quantitative estimate of drug-likeness (QED) is 0.457. The highest BCUT2D eigenvalue weighted by Crippen LogP contribution is 2.40. The Kier molecular flexibility index (Phi) is 6.80. The van der Waals surface area contributed by atoms with Crippen LogP contribution < -0.4 is 20.9 Å². The zero-order valence-corrected chi connectivity index (χ0v) is 21.0. The highest BCUT2D eigenvalue weighted by molar-refractivity contribution is 6.08.